The minimum atomic E-state index is -0.0965. The second kappa shape index (κ2) is 4.63. The summed E-state index contributed by atoms with van der Waals surface area (Å²) >= 11 is 0. The van der Waals surface area contributed by atoms with Crippen molar-refractivity contribution in [1.82, 2.24) is 0 Å². The molecule has 0 fully saturated rings. The zero-order chi connectivity index (χ0) is 15.3. The van der Waals surface area contributed by atoms with Crippen LogP contribution in [0, 0.1) is 0 Å². The van der Waals surface area contributed by atoms with Crippen molar-refractivity contribution >= 4 is 28.6 Å². The number of nitrogens with zero attached hydrogens (tertiary/aromatic N) is 1. The SMILES string of the molecule is CN(C)c1ccc2c(c1)CO/C2=C1/C(=O)Nc2ccccc21. The van der Waals surface area contributed by atoms with Crippen LogP contribution in [-0.4, -0.2) is 20.0 Å². The van der Waals surface area contributed by atoms with E-state index in [-0.39, 0.29) is 5.91 Å². The van der Waals surface area contributed by atoms with Gasteiger partial charge in [-0.3, -0.25) is 4.79 Å². The molecule has 0 radical (unpaired) electrons. The first kappa shape index (κ1) is 13.0. The molecule has 0 aromatic heterocycles. The van der Waals surface area contributed by atoms with Gasteiger partial charge in [0.25, 0.3) is 5.91 Å². The van der Waals surface area contributed by atoms with E-state index in [2.05, 4.69) is 16.3 Å². The molecule has 2 aromatic rings. The maximum Gasteiger partial charge on any atom is 0.260 e. The number of para-hydroxylation sites is 1. The van der Waals surface area contributed by atoms with Crippen molar-refractivity contribution in [3.05, 3.63) is 59.2 Å². The van der Waals surface area contributed by atoms with E-state index in [1.807, 2.05) is 50.5 Å². The Morgan fingerprint density at radius 1 is 1.09 bits per heavy atom. The molecule has 0 bridgehead atoms. The van der Waals surface area contributed by atoms with Gasteiger partial charge in [0.1, 0.15) is 12.4 Å². The van der Waals surface area contributed by atoms with Crippen molar-refractivity contribution < 1.29 is 9.53 Å². The fourth-order valence-corrected chi connectivity index (χ4v) is 2.98. The molecule has 0 spiro atoms. The zero-order valence-corrected chi connectivity index (χ0v) is 12.5. The lowest BCUT2D eigenvalue weighted by Gasteiger charge is -2.13. The lowest BCUT2D eigenvalue weighted by molar-refractivity contribution is -0.110. The Balaban J connectivity index is 1.88. The summed E-state index contributed by atoms with van der Waals surface area (Å²) in [4.78, 5) is 14.4. The number of anilines is 2. The summed E-state index contributed by atoms with van der Waals surface area (Å²) in [7, 11) is 4.02. The van der Waals surface area contributed by atoms with E-state index in [9.17, 15) is 4.79 Å². The van der Waals surface area contributed by atoms with E-state index in [1.165, 1.54) is 0 Å². The average Bonchev–Trinajstić information content (AvgIpc) is 3.06. The maximum absolute atomic E-state index is 12.3. The minimum Gasteiger partial charge on any atom is -0.487 e. The molecule has 0 atom stereocenters. The highest BCUT2D eigenvalue weighted by Gasteiger charge is 2.32. The Bertz CT molecular complexity index is 822. The molecule has 0 saturated heterocycles. The number of carbonyl (C=O) groups is 1. The van der Waals surface area contributed by atoms with E-state index in [0.29, 0.717) is 17.9 Å². The Morgan fingerprint density at radius 3 is 2.73 bits per heavy atom. The largest absolute Gasteiger partial charge is 0.487 e. The molecule has 4 heteroatoms. The van der Waals surface area contributed by atoms with Gasteiger partial charge in [-0.05, 0) is 24.3 Å². The monoisotopic (exact) mass is 292 g/mol. The third kappa shape index (κ3) is 1.80. The van der Waals surface area contributed by atoms with Gasteiger partial charge < -0.3 is 15.0 Å². The quantitative estimate of drug-likeness (QED) is 0.821. The first-order chi connectivity index (χ1) is 10.6. The number of amides is 1. The van der Waals surface area contributed by atoms with Crippen LogP contribution in [0.5, 0.6) is 0 Å². The third-order valence-electron chi connectivity index (χ3n) is 4.12. The van der Waals surface area contributed by atoms with Crippen LogP contribution in [0.25, 0.3) is 11.3 Å². The normalized spacial score (nSPS) is 18.5. The molecule has 22 heavy (non-hydrogen) atoms. The molecule has 2 aliphatic heterocycles. The molecule has 1 N–H and O–H groups in total. The van der Waals surface area contributed by atoms with Gasteiger partial charge in [-0.2, -0.15) is 0 Å². The molecule has 2 aromatic carbocycles. The summed E-state index contributed by atoms with van der Waals surface area (Å²) in [5.41, 5.74) is 5.64. The Kier molecular flexibility index (Phi) is 2.73. The first-order valence-electron chi connectivity index (χ1n) is 7.23. The van der Waals surface area contributed by atoms with Gasteiger partial charge in [-0.1, -0.05) is 18.2 Å². The van der Waals surface area contributed by atoms with Gasteiger partial charge >= 0.3 is 0 Å². The molecule has 0 unspecified atom stereocenters. The van der Waals surface area contributed by atoms with Crippen LogP contribution < -0.4 is 10.2 Å². The van der Waals surface area contributed by atoms with E-state index in [0.717, 1.165) is 28.1 Å². The predicted octanol–water partition coefficient (Wildman–Crippen LogP) is 3.10. The minimum absolute atomic E-state index is 0.0965. The van der Waals surface area contributed by atoms with Crippen LogP contribution in [-0.2, 0) is 16.1 Å². The molecule has 4 nitrogen and oxygen atoms in total. The summed E-state index contributed by atoms with van der Waals surface area (Å²) in [6.07, 6.45) is 0. The summed E-state index contributed by atoms with van der Waals surface area (Å²) in [5.74, 6) is 0.587. The number of hydrogen-bond donors (Lipinski definition) is 1. The molecule has 0 aliphatic carbocycles. The van der Waals surface area contributed by atoms with Crippen molar-refractivity contribution in [3.63, 3.8) is 0 Å². The number of nitrogens with one attached hydrogen (secondary N) is 1. The topological polar surface area (TPSA) is 41.6 Å². The van der Waals surface area contributed by atoms with Gasteiger partial charge in [0.05, 0.1) is 5.57 Å². The van der Waals surface area contributed by atoms with E-state index in [1.54, 1.807) is 0 Å². The highest BCUT2D eigenvalue weighted by molar-refractivity contribution is 6.36. The number of carbonyl (C=O) groups excluding carboxylic acids is 1. The predicted molar refractivity (Wildman–Crippen MR) is 87.4 cm³/mol. The van der Waals surface area contributed by atoms with E-state index >= 15 is 0 Å². The van der Waals surface area contributed by atoms with Crippen molar-refractivity contribution in [2.75, 3.05) is 24.3 Å². The second-order valence-corrected chi connectivity index (χ2v) is 5.73. The molecular formula is C18H16N2O2. The third-order valence-corrected chi connectivity index (χ3v) is 4.12. The average molecular weight is 292 g/mol. The molecule has 110 valence electrons. The van der Waals surface area contributed by atoms with E-state index in [4.69, 9.17) is 4.74 Å². The Labute approximate surface area is 129 Å². The number of rotatable bonds is 1. The van der Waals surface area contributed by atoms with Crippen LogP contribution in [0.3, 0.4) is 0 Å². The van der Waals surface area contributed by atoms with Gasteiger partial charge in [0.2, 0.25) is 0 Å². The highest BCUT2D eigenvalue weighted by atomic mass is 16.5. The van der Waals surface area contributed by atoms with Gasteiger partial charge in [0.15, 0.2) is 0 Å². The molecule has 2 heterocycles. The lowest BCUT2D eigenvalue weighted by atomic mass is 10.00. The molecule has 1 amide bonds. The summed E-state index contributed by atoms with van der Waals surface area (Å²) < 4.78 is 5.87. The first-order valence-corrected chi connectivity index (χ1v) is 7.23. The molecule has 4 rings (SSSR count). The number of benzene rings is 2. The van der Waals surface area contributed by atoms with Crippen molar-refractivity contribution in [2.24, 2.45) is 0 Å². The van der Waals surface area contributed by atoms with Crippen molar-refractivity contribution in [1.29, 1.82) is 0 Å². The maximum atomic E-state index is 12.3. The summed E-state index contributed by atoms with van der Waals surface area (Å²) in [5, 5.41) is 2.90. The fourth-order valence-electron chi connectivity index (χ4n) is 2.98. The Morgan fingerprint density at radius 2 is 1.91 bits per heavy atom. The van der Waals surface area contributed by atoms with E-state index < -0.39 is 0 Å². The lowest BCUT2D eigenvalue weighted by Crippen LogP contribution is -2.08. The highest BCUT2D eigenvalue weighted by Crippen LogP contribution is 2.42. The zero-order valence-electron chi connectivity index (χ0n) is 12.5. The fraction of sp³-hybridized carbons (Fsp3) is 0.167. The molecule has 0 saturated carbocycles. The van der Waals surface area contributed by atoms with Crippen molar-refractivity contribution in [3.8, 4) is 0 Å². The number of ether oxygens (including phenoxy) is 1. The summed E-state index contributed by atoms with van der Waals surface area (Å²) in [6, 6.07) is 13.9. The van der Waals surface area contributed by atoms with Crippen LogP contribution in [0.1, 0.15) is 16.7 Å². The standard InChI is InChI=1S/C18H16N2O2/c1-20(2)12-7-8-13-11(9-12)10-22-17(13)16-14-5-3-4-6-15(14)19-18(16)21/h3-9H,10H2,1-2H3,(H,19,21)/b17-16+. The van der Waals surface area contributed by atoms with Crippen LogP contribution in [0.2, 0.25) is 0 Å². The van der Waals surface area contributed by atoms with Crippen molar-refractivity contribution in [2.45, 2.75) is 6.61 Å². The number of fused-ring (bicyclic) bond motifs is 2. The summed E-state index contributed by atoms with van der Waals surface area (Å²) in [6.45, 7) is 0.505. The van der Waals surface area contributed by atoms with Crippen LogP contribution in [0.4, 0.5) is 11.4 Å². The van der Waals surface area contributed by atoms with Gasteiger partial charge in [-0.25, -0.2) is 0 Å². The second-order valence-electron chi connectivity index (χ2n) is 5.73. The smallest absolute Gasteiger partial charge is 0.260 e. The molecular weight excluding hydrogens is 276 g/mol. The number of hydrogen-bond acceptors (Lipinski definition) is 3. The molecule has 2 aliphatic rings. The Hall–Kier alpha value is -2.75. The van der Waals surface area contributed by atoms with Crippen LogP contribution in [0.15, 0.2) is 42.5 Å². The van der Waals surface area contributed by atoms with Crippen LogP contribution >= 0.6 is 0 Å². The van der Waals surface area contributed by atoms with Gasteiger partial charge in [0, 0.05) is 42.2 Å². The van der Waals surface area contributed by atoms with Gasteiger partial charge in [-0.15, -0.1) is 0 Å².